The van der Waals surface area contributed by atoms with E-state index in [0.29, 0.717) is 5.15 Å². The van der Waals surface area contributed by atoms with Crippen LogP contribution in [0.25, 0.3) is 51.6 Å². The quantitative estimate of drug-likeness (QED) is 0.191. The lowest BCUT2D eigenvalue weighted by atomic mass is 10.0. The number of nitrogens with zero attached hydrogens (tertiary/aromatic N) is 2. The molecule has 0 radical (unpaired) electrons. The first kappa shape index (κ1) is 16.7. The molecule has 0 bridgehead atoms. The smallest absolute Gasteiger partial charge is 0.216 e. The number of hydrogen-bond acceptors (Lipinski definition) is 4. The third-order valence-electron chi connectivity index (χ3n) is 4.95. The molecule has 0 unspecified atom stereocenters. The summed E-state index contributed by atoms with van der Waals surface area (Å²) >= 11 is 15.7. The van der Waals surface area contributed by atoms with Gasteiger partial charge in [-0.15, -0.1) is 22.7 Å². The minimum Gasteiger partial charge on any atom is -0.216 e. The van der Waals surface area contributed by atoms with Gasteiger partial charge in [0, 0.05) is 30.3 Å². The molecule has 0 spiro atoms. The van der Waals surface area contributed by atoms with E-state index in [4.69, 9.17) is 23.2 Å². The summed E-state index contributed by atoms with van der Waals surface area (Å²) in [5.74, 6) is 0. The molecule has 0 amide bonds. The fraction of sp³-hybridized carbons (Fsp3) is 0. The highest BCUT2D eigenvalue weighted by Gasteiger charge is 2.14. The Labute approximate surface area is 178 Å². The largest absolute Gasteiger partial charge is 0.224 e. The molecule has 0 fully saturated rings. The minimum absolute atomic E-state index is 0.175. The normalized spacial score (nSPS) is 11.9. The van der Waals surface area contributed by atoms with Gasteiger partial charge in [-0.1, -0.05) is 41.9 Å². The van der Waals surface area contributed by atoms with Gasteiger partial charge in [0.1, 0.15) is 0 Å². The number of halogens is 2. The minimum atomic E-state index is 0.175. The SMILES string of the molecule is Clc1nc(Cl)c2sc3ccc(-c4ccc5sc6ccccc6c5c4)cc3c2n1. The van der Waals surface area contributed by atoms with E-state index in [-0.39, 0.29) is 5.28 Å². The predicted molar refractivity (Wildman–Crippen MR) is 123 cm³/mol. The molecule has 0 aliphatic carbocycles. The summed E-state index contributed by atoms with van der Waals surface area (Å²) in [4.78, 5) is 8.49. The lowest BCUT2D eigenvalue weighted by molar-refractivity contribution is 1.23. The second-order valence-corrected chi connectivity index (χ2v) is 9.42. The van der Waals surface area contributed by atoms with Gasteiger partial charge < -0.3 is 0 Å². The Morgan fingerprint density at radius 3 is 2.14 bits per heavy atom. The van der Waals surface area contributed by atoms with E-state index in [9.17, 15) is 0 Å². The van der Waals surface area contributed by atoms with Crippen LogP contribution in [0, 0.1) is 0 Å². The van der Waals surface area contributed by atoms with Gasteiger partial charge >= 0.3 is 0 Å². The van der Waals surface area contributed by atoms with Crippen LogP contribution >= 0.6 is 45.9 Å². The van der Waals surface area contributed by atoms with Crippen LogP contribution < -0.4 is 0 Å². The number of thiophene rings is 2. The summed E-state index contributed by atoms with van der Waals surface area (Å²) in [5.41, 5.74) is 3.15. The highest BCUT2D eigenvalue weighted by molar-refractivity contribution is 7.26. The van der Waals surface area contributed by atoms with E-state index in [1.807, 2.05) is 11.3 Å². The van der Waals surface area contributed by atoms with E-state index < -0.39 is 0 Å². The van der Waals surface area contributed by atoms with Crippen LogP contribution in [0.1, 0.15) is 0 Å². The highest BCUT2D eigenvalue weighted by atomic mass is 35.5. The second-order valence-electron chi connectivity index (χ2n) is 6.58. The first-order valence-electron chi connectivity index (χ1n) is 8.64. The summed E-state index contributed by atoms with van der Waals surface area (Å²) in [7, 11) is 0. The van der Waals surface area contributed by atoms with Crippen LogP contribution in [0.15, 0.2) is 60.7 Å². The van der Waals surface area contributed by atoms with Crippen molar-refractivity contribution in [3.8, 4) is 11.1 Å². The van der Waals surface area contributed by atoms with Gasteiger partial charge in [-0.05, 0) is 53.1 Å². The fourth-order valence-corrected chi connectivity index (χ4v) is 6.26. The monoisotopic (exact) mass is 436 g/mol. The van der Waals surface area contributed by atoms with Crippen molar-refractivity contribution < 1.29 is 0 Å². The number of benzene rings is 3. The number of rotatable bonds is 1. The van der Waals surface area contributed by atoms with Crippen LogP contribution in [0.5, 0.6) is 0 Å². The maximum Gasteiger partial charge on any atom is 0.224 e. The Balaban J connectivity index is 1.61. The lowest BCUT2D eigenvalue weighted by Crippen LogP contribution is -1.83. The molecular formula is C22H10Cl2N2S2. The molecule has 3 aromatic carbocycles. The molecular weight excluding hydrogens is 427 g/mol. The van der Waals surface area contributed by atoms with Crippen molar-refractivity contribution >= 4 is 86.4 Å². The van der Waals surface area contributed by atoms with Gasteiger partial charge in [-0.25, -0.2) is 9.97 Å². The molecule has 6 heteroatoms. The van der Waals surface area contributed by atoms with Crippen LogP contribution in [-0.4, -0.2) is 9.97 Å². The van der Waals surface area contributed by atoms with Gasteiger partial charge in [-0.2, -0.15) is 0 Å². The molecule has 0 N–H and O–H groups in total. The molecule has 0 aliphatic rings. The molecule has 0 atom stereocenters. The van der Waals surface area contributed by atoms with E-state index in [1.165, 1.54) is 25.7 Å². The summed E-state index contributed by atoms with van der Waals surface area (Å²) in [6.07, 6.45) is 0. The standard InChI is InChI=1S/C22H10Cl2N2S2/c23-21-20-19(25-22(24)26-21)15-10-12(6-8-18(15)28-20)11-5-7-17-14(9-11)13-3-1-2-4-16(13)27-17/h1-10H. The molecule has 6 rings (SSSR count). The molecule has 0 aliphatic heterocycles. The number of aromatic nitrogens is 2. The van der Waals surface area contributed by atoms with Gasteiger partial charge in [0.2, 0.25) is 5.28 Å². The van der Waals surface area contributed by atoms with Crippen LogP contribution in [0.3, 0.4) is 0 Å². The Morgan fingerprint density at radius 1 is 0.643 bits per heavy atom. The van der Waals surface area contributed by atoms with Crippen molar-refractivity contribution in [3.63, 3.8) is 0 Å². The molecule has 0 saturated carbocycles. The predicted octanol–water partition coefficient (Wildman–Crippen LogP) is 8.19. The van der Waals surface area contributed by atoms with E-state index in [2.05, 4.69) is 70.6 Å². The molecule has 3 aromatic heterocycles. The Hall–Kier alpha value is -2.24. The number of hydrogen-bond donors (Lipinski definition) is 0. The van der Waals surface area contributed by atoms with Crippen molar-refractivity contribution in [1.82, 2.24) is 9.97 Å². The lowest BCUT2D eigenvalue weighted by Gasteiger charge is -2.03. The first-order chi connectivity index (χ1) is 13.7. The zero-order valence-electron chi connectivity index (χ0n) is 14.2. The maximum absolute atomic E-state index is 6.27. The third-order valence-corrected chi connectivity index (χ3v) is 7.83. The van der Waals surface area contributed by atoms with E-state index in [1.54, 1.807) is 11.3 Å². The summed E-state index contributed by atoms with van der Waals surface area (Å²) in [5, 5.41) is 4.23. The zero-order valence-corrected chi connectivity index (χ0v) is 17.4. The molecule has 2 nitrogen and oxygen atoms in total. The highest BCUT2D eigenvalue weighted by Crippen LogP contribution is 2.40. The van der Waals surface area contributed by atoms with Gasteiger partial charge in [0.05, 0.1) is 10.2 Å². The van der Waals surface area contributed by atoms with Crippen molar-refractivity contribution in [2.45, 2.75) is 0 Å². The maximum atomic E-state index is 6.27. The van der Waals surface area contributed by atoms with Crippen molar-refractivity contribution in [1.29, 1.82) is 0 Å². The average molecular weight is 437 g/mol. The third kappa shape index (κ3) is 2.46. The van der Waals surface area contributed by atoms with Crippen LogP contribution in [-0.2, 0) is 0 Å². The van der Waals surface area contributed by atoms with E-state index >= 15 is 0 Å². The van der Waals surface area contributed by atoms with Gasteiger partial charge in [-0.3, -0.25) is 0 Å². The number of fused-ring (bicyclic) bond motifs is 6. The van der Waals surface area contributed by atoms with Crippen molar-refractivity contribution in [2.24, 2.45) is 0 Å². The fourth-order valence-electron chi connectivity index (χ4n) is 3.67. The van der Waals surface area contributed by atoms with E-state index in [0.717, 1.165) is 25.9 Å². The Kier molecular flexibility index (Phi) is 3.65. The summed E-state index contributed by atoms with van der Waals surface area (Å²) in [6, 6.07) is 21.7. The topological polar surface area (TPSA) is 25.8 Å². The zero-order chi connectivity index (χ0) is 18.8. The Bertz CT molecular complexity index is 1550. The van der Waals surface area contributed by atoms with Gasteiger partial charge in [0.25, 0.3) is 0 Å². The molecule has 28 heavy (non-hydrogen) atoms. The molecule has 3 heterocycles. The van der Waals surface area contributed by atoms with Crippen LogP contribution in [0.4, 0.5) is 0 Å². The second kappa shape index (κ2) is 6.13. The van der Waals surface area contributed by atoms with Gasteiger partial charge in [0.15, 0.2) is 5.15 Å². The van der Waals surface area contributed by atoms with Crippen molar-refractivity contribution in [2.75, 3.05) is 0 Å². The molecule has 6 aromatic rings. The average Bonchev–Trinajstić information content (AvgIpc) is 3.25. The Morgan fingerprint density at radius 2 is 1.32 bits per heavy atom. The molecule has 134 valence electrons. The summed E-state index contributed by atoms with van der Waals surface area (Å²) in [6.45, 7) is 0. The summed E-state index contributed by atoms with van der Waals surface area (Å²) < 4.78 is 4.62. The molecule has 0 saturated heterocycles. The van der Waals surface area contributed by atoms with Crippen LogP contribution in [0.2, 0.25) is 10.4 Å². The first-order valence-corrected chi connectivity index (χ1v) is 11.0. The van der Waals surface area contributed by atoms with Crippen molar-refractivity contribution in [3.05, 3.63) is 71.1 Å².